The number of H-pyrrole nitrogens is 1. The summed E-state index contributed by atoms with van der Waals surface area (Å²) >= 11 is 9.85. The summed E-state index contributed by atoms with van der Waals surface area (Å²) in [5.41, 5.74) is 5.19. The molecule has 0 saturated carbocycles. The van der Waals surface area contributed by atoms with Gasteiger partial charge in [0.1, 0.15) is 17.5 Å². The number of amides is 1. The monoisotopic (exact) mass is 586 g/mol. The van der Waals surface area contributed by atoms with E-state index in [0.29, 0.717) is 42.7 Å². The normalized spacial score (nSPS) is 11.0. The Bertz CT molecular complexity index is 1750. The van der Waals surface area contributed by atoms with Crippen LogP contribution in [0.1, 0.15) is 32.2 Å². The van der Waals surface area contributed by atoms with Crippen molar-refractivity contribution in [3.8, 4) is 22.9 Å². The Morgan fingerprint density at radius 3 is 2.71 bits per heavy atom. The van der Waals surface area contributed by atoms with Crippen molar-refractivity contribution in [1.29, 1.82) is 5.26 Å². The predicted octanol–water partition coefficient (Wildman–Crippen LogP) is 6.70. The summed E-state index contributed by atoms with van der Waals surface area (Å²) in [5, 5.41) is 14.8. The number of benzene rings is 3. The number of hydrogen-bond acceptors (Lipinski definition) is 6. The number of nitrogens with one attached hydrogen (secondary N) is 2. The van der Waals surface area contributed by atoms with Crippen molar-refractivity contribution in [2.45, 2.75) is 0 Å². The molecule has 0 aliphatic carbocycles. The number of aromatic amines is 1. The topological polar surface area (TPSA) is 120 Å². The van der Waals surface area contributed by atoms with Crippen molar-refractivity contribution in [1.82, 2.24) is 10.4 Å². The zero-order valence-electron chi connectivity index (χ0n) is 19.4. The lowest BCUT2D eigenvalue weighted by atomic mass is 10.0. The molecule has 10 heteroatoms. The van der Waals surface area contributed by atoms with Crippen LogP contribution in [0.3, 0.4) is 0 Å². The van der Waals surface area contributed by atoms with Gasteiger partial charge in [0.2, 0.25) is 5.76 Å². The number of ether oxygens (including phenoxy) is 1. The highest BCUT2D eigenvalue weighted by Crippen LogP contribution is 2.37. The second-order valence-electron chi connectivity index (χ2n) is 7.94. The lowest BCUT2D eigenvalue weighted by Gasteiger charge is -2.08. The van der Waals surface area contributed by atoms with E-state index in [0.717, 1.165) is 0 Å². The van der Waals surface area contributed by atoms with E-state index in [1.165, 1.54) is 18.5 Å². The molecule has 1 amide bonds. The van der Waals surface area contributed by atoms with E-state index in [9.17, 15) is 14.9 Å². The molecule has 0 spiro atoms. The Balaban J connectivity index is 1.47. The van der Waals surface area contributed by atoms with Crippen molar-refractivity contribution in [3.63, 3.8) is 0 Å². The van der Waals surface area contributed by atoms with Gasteiger partial charge < -0.3 is 14.1 Å². The number of carbonyl (C=O) groups excluding carboxylic acids is 2. The van der Waals surface area contributed by atoms with E-state index in [-0.39, 0.29) is 17.2 Å². The second-order valence-corrected chi connectivity index (χ2v) is 9.27. The van der Waals surface area contributed by atoms with E-state index in [1.807, 2.05) is 12.1 Å². The molecule has 0 bridgehead atoms. The van der Waals surface area contributed by atoms with Gasteiger partial charge in [-0.25, -0.2) is 10.2 Å². The van der Waals surface area contributed by atoms with Crippen molar-refractivity contribution in [3.05, 3.63) is 111 Å². The van der Waals surface area contributed by atoms with E-state index in [2.05, 4.69) is 37.5 Å². The van der Waals surface area contributed by atoms with Gasteiger partial charge >= 0.3 is 5.97 Å². The molecule has 2 aromatic heterocycles. The van der Waals surface area contributed by atoms with Gasteiger partial charge in [-0.2, -0.15) is 10.4 Å². The average Bonchev–Trinajstić information content (AvgIpc) is 3.59. The Labute approximate surface area is 229 Å². The van der Waals surface area contributed by atoms with E-state index >= 15 is 0 Å². The first-order valence-corrected chi connectivity index (χ1v) is 12.3. The maximum atomic E-state index is 13.3. The number of carbonyl (C=O) groups is 2. The highest BCUT2D eigenvalue weighted by molar-refractivity contribution is 9.10. The fraction of sp³-hybridized carbons (Fsp3) is 0. The minimum Gasteiger partial charge on any atom is -0.457 e. The summed E-state index contributed by atoms with van der Waals surface area (Å²) in [6.45, 7) is 0. The molecule has 0 unspecified atom stereocenters. The highest BCUT2D eigenvalue weighted by atomic mass is 79.9. The molecule has 8 nitrogen and oxygen atoms in total. The number of esters is 1. The molecule has 38 heavy (non-hydrogen) atoms. The van der Waals surface area contributed by atoms with Crippen LogP contribution in [0.4, 0.5) is 0 Å². The molecule has 0 fully saturated rings. The number of fused-ring (bicyclic) bond motifs is 1. The van der Waals surface area contributed by atoms with Gasteiger partial charge in [0.05, 0.1) is 23.6 Å². The summed E-state index contributed by atoms with van der Waals surface area (Å²) in [4.78, 5) is 28.7. The molecule has 3 aromatic carbocycles. The number of para-hydroxylation sites is 1. The number of rotatable bonds is 6. The number of aromatic nitrogens is 1. The van der Waals surface area contributed by atoms with Gasteiger partial charge in [-0.3, -0.25) is 4.79 Å². The maximum Gasteiger partial charge on any atom is 0.379 e. The van der Waals surface area contributed by atoms with E-state index < -0.39 is 11.9 Å². The molecule has 0 saturated heterocycles. The minimum absolute atomic E-state index is 0.0479. The molecule has 186 valence electrons. The van der Waals surface area contributed by atoms with Gasteiger partial charge in [-0.1, -0.05) is 57.9 Å². The molecule has 2 N–H and O–H groups in total. The summed E-state index contributed by atoms with van der Waals surface area (Å²) < 4.78 is 11.2. The first kappa shape index (κ1) is 25.0. The second kappa shape index (κ2) is 10.8. The van der Waals surface area contributed by atoms with Crippen molar-refractivity contribution < 1.29 is 18.7 Å². The first-order chi connectivity index (χ1) is 18.5. The van der Waals surface area contributed by atoms with Crippen LogP contribution in [0.15, 0.2) is 93.1 Å². The largest absolute Gasteiger partial charge is 0.457 e. The summed E-state index contributed by atoms with van der Waals surface area (Å²) in [6, 6.07) is 22.5. The maximum absolute atomic E-state index is 13.3. The van der Waals surface area contributed by atoms with Crippen LogP contribution < -0.4 is 10.2 Å². The average molecular weight is 588 g/mol. The molecule has 0 aliphatic heterocycles. The van der Waals surface area contributed by atoms with Crippen molar-refractivity contribution in [2.24, 2.45) is 5.10 Å². The Kier molecular flexibility index (Phi) is 7.09. The third-order valence-electron chi connectivity index (χ3n) is 5.59. The van der Waals surface area contributed by atoms with Gasteiger partial charge in [0.15, 0.2) is 0 Å². The Morgan fingerprint density at radius 2 is 1.95 bits per heavy atom. The lowest BCUT2D eigenvalue weighted by molar-refractivity contribution is 0.0700. The van der Waals surface area contributed by atoms with Crippen LogP contribution in [0.2, 0.25) is 5.02 Å². The zero-order valence-corrected chi connectivity index (χ0v) is 21.7. The lowest BCUT2D eigenvalue weighted by Crippen LogP contribution is -2.19. The highest BCUT2D eigenvalue weighted by Gasteiger charge is 2.22. The smallest absolute Gasteiger partial charge is 0.379 e. The van der Waals surface area contributed by atoms with Gasteiger partial charge in [0, 0.05) is 31.6 Å². The van der Waals surface area contributed by atoms with Crippen LogP contribution in [-0.4, -0.2) is 23.1 Å². The van der Waals surface area contributed by atoms with Gasteiger partial charge in [-0.15, -0.1) is 0 Å². The number of nitrogens with zero attached hydrogens (tertiary/aromatic N) is 2. The van der Waals surface area contributed by atoms with Crippen molar-refractivity contribution >= 4 is 56.5 Å². The fourth-order valence-electron chi connectivity index (χ4n) is 3.90. The third kappa shape index (κ3) is 4.95. The van der Waals surface area contributed by atoms with E-state index in [1.54, 1.807) is 54.6 Å². The summed E-state index contributed by atoms with van der Waals surface area (Å²) in [5.74, 6) is -0.965. The zero-order chi connectivity index (χ0) is 26.6. The molecular weight excluding hydrogens is 572 g/mol. The van der Waals surface area contributed by atoms with Gasteiger partial charge in [-0.05, 0) is 42.5 Å². The number of hydrogen-bond donors (Lipinski definition) is 2. The quantitative estimate of drug-likeness (QED) is 0.0991. The first-order valence-electron chi connectivity index (χ1n) is 11.1. The molecule has 0 aliphatic rings. The van der Waals surface area contributed by atoms with Gasteiger partial charge in [0.25, 0.3) is 5.91 Å². The third-order valence-corrected chi connectivity index (χ3v) is 6.41. The number of hydrazone groups is 1. The number of halogens is 2. The Hall–Kier alpha value is -4.65. The number of nitriles is 1. The van der Waals surface area contributed by atoms with Crippen LogP contribution in [0.25, 0.3) is 22.0 Å². The van der Waals surface area contributed by atoms with Crippen molar-refractivity contribution in [2.75, 3.05) is 0 Å². The molecule has 0 atom stereocenters. The SMILES string of the molecule is N#Cc1cccc2c(-c3ccccc3Cl)c(C(=O)NN=Cc3cc(Br)ccc3OC(=O)c3ccco3)[nH]c12. The predicted molar refractivity (Wildman–Crippen MR) is 146 cm³/mol. The van der Waals surface area contributed by atoms with E-state index in [4.69, 9.17) is 20.8 Å². The minimum atomic E-state index is -0.674. The summed E-state index contributed by atoms with van der Waals surface area (Å²) in [7, 11) is 0. The molecule has 2 heterocycles. The standard InChI is InChI=1S/C28H16BrClN4O4/c29-18-10-11-22(38-28(36)23-9-4-12-37-23)17(13-18)15-32-34-27(35)26-24(19-6-1-2-8-21(19)30)20-7-3-5-16(14-31)25(20)33-26/h1-13,15,33H,(H,34,35). The number of furan rings is 1. The Morgan fingerprint density at radius 1 is 1.11 bits per heavy atom. The molecular formula is C28H16BrClN4O4. The van der Waals surface area contributed by atoms with Crippen LogP contribution >= 0.6 is 27.5 Å². The van der Waals surface area contributed by atoms with Crippen LogP contribution in [0.5, 0.6) is 5.75 Å². The van der Waals surface area contributed by atoms with Crippen LogP contribution in [0, 0.1) is 11.3 Å². The summed E-state index contributed by atoms with van der Waals surface area (Å²) in [6.07, 6.45) is 2.72. The molecule has 5 rings (SSSR count). The fourth-order valence-corrected chi connectivity index (χ4v) is 4.51. The van der Waals surface area contributed by atoms with Crippen LogP contribution in [-0.2, 0) is 0 Å². The molecule has 0 radical (unpaired) electrons. The molecule has 5 aromatic rings.